The second-order valence-electron chi connectivity index (χ2n) is 6.40. The minimum atomic E-state index is 0.171. The number of guanidine groups is 1. The van der Waals surface area contributed by atoms with E-state index in [-0.39, 0.29) is 5.96 Å². The topological polar surface area (TPSA) is 56.4 Å². The normalized spacial score (nSPS) is 15.0. The summed E-state index contributed by atoms with van der Waals surface area (Å²) in [7, 11) is 0. The quantitative estimate of drug-likeness (QED) is 0.389. The average Bonchev–Trinajstić information content (AvgIpc) is 3.04. The number of nitrogens with zero attached hydrogens (tertiary/aromatic N) is 2. The largest absolute Gasteiger partial charge is 0.370 e. The molecule has 2 rings (SSSR count). The third-order valence-electron chi connectivity index (χ3n) is 4.48. The van der Waals surface area contributed by atoms with Crippen molar-refractivity contribution in [1.82, 2.24) is 9.80 Å². The van der Waals surface area contributed by atoms with E-state index in [0.717, 1.165) is 24.0 Å². The highest BCUT2D eigenvalue weighted by atomic mass is 79.9. The molecular formula is C18H29BrN4. The van der Waals surface area contributed by atoms with E-state index in [9.17, 15) is 0 Å². The Balaban J connectivity index is 1.62. The van der Waals surface area contributed by atoms with Crippen LogP contribution in [-0.2, 0) is 6.54 Å². The minimum absolute atomic E-state index is 0.171. The number of rotatable bonds is 9. The van der Waals surface area contributed by atoms with Gasteiger partial charge in [0.25, 0.3) is 0 Å². The molecule has 23 heavy (non-hydrogen) atoms. The molecule has 5 heteroatoms. The van der Waals surface area contributed by atoms with Gasteiger partial charge < -0.3 is 15.5 Å². The van der Waals surface area contributed by atoms with Gasteiger partial charge in [-0.05, 0) is 63.0 Å². The lowest BCUT2D eigenvalue weighted by Crippen LogP contribution is -2.36. The van der Waals surface area contributed by atoms with Crippen molar-refractivity contribution in [3.63, 3.8) is 0 Å². The summed E-state index contributed by atoms with van der Waals surface area (Å²) in [6, 6.07) is 8.23. The smallest absolute Gasteiger partial charge is 0.188 e. The molecule has 0 amide bonds. The molecule has 1 aliphatic heterocycles. The van der Waals surface area contributed by atoms with Crippen molar-refractivity contribution in [2.75, 3.05) is 26.2 Å². The Kier molecular flexibility index (Phi) is 7.89. The summed E-state index contributed by atoms with van der Waals surface area (Å²) in [5.74, 6) is 0.171. The molecule has 4 nitrogen and oxygen atoms in total. The van der Waals surface area contributed by atoms with Gasteiger partial charge >= 0.3 is 0 Å². The van der Waals surface area contributed by atoms with Crippen LogP contribution in [0.1, 0.15) is 44.1 Å². The molecule has 0 radical (unpaired) electrons. The molecule has 1 aromatic rings. The second kappa shape index (κ2) is 9.93. The number of nitrogens with one attached hydrogen (secondary N) is 1. The van der Waals surface area contributed by atoms with Crippen LogP contribution in [-0.4, -0.2) is 41.9 Å². The molecule has 1 aromatic carbocycles. The number of likely N-dealkylation sites (tertiary alicyclic amines) is 1. The van der Waals surface area contributed by atoms with Crippen LogP contribution in [0.3, 0.4) is 0 Å². The lowest BCUT2D eigenvalue weighted by atomic mass is 10.1. The van der Waals surface area contributed by atoms with Crippen LogP contribution < -0.4 is 5.73 Å². The Morgan fingerprint density at radius 2 is 1.74 bits per heavy atom. The zero-order valence-electron chi connectivity index (χ0n) is 13.9. The van der Waals surface area contributed by atoms with Crippen molar-refractivity contribution < 1.29 is 0 Å². The van der Waals surface area contributed by atoms with Gasteiger partial charge in [-0.15, -0.1) is 0 Å². The summed E-state index contributed by atoms with van der Waals surface area (Å²) in [4.78, 5) is 4.54. The summed E-state index contributed by atoms with van der Waals surface area (Å²) in [5.41, 5.74) is 6.92. The van der Waals surface area contributed by atoms with Crippen molar-refractivity contribution >= 4 is 21.9 Å². The average molecular weight is 381 g/mol. The molecular weight excluding hydrogens is 352 g/mol. The van der Waals surface area contributed by atoms with Gasteiger partial charge in [0.2, 0.25) is 0 Å². The molecule has 0 aromatic heterocycles. The maximum Gasteiger partial charge on any atom is 0.188 e. The fourth-order valence-corrected chi connectivity index (χ4v) is 3.36. The molecule has 0 saturated carbocycles. The van der Waals surface area contributed by atoms with Gasteiger partial charge in [-0.25, -0.2) is 0 Å². The summed E-state index contributed by atoms with van der Waals surface area (Å²) in [6.07, 6.45) is 7.66. The van der Waals surface area contributed by atoms with Gasteiger partial charge in [0.05, 0.1) is 0 Å². The number of hydrogen-bond donors (Lipinski definition) is 2. The molecule has 1 aliphatic rings. The first-order valence-corrected chi connectivity index (χ1v) is 9.50. The van der Waals surface area contributed by atoms with Crippen LogP contribution in [0.15, 0.2) is 28.7 Å². The van der Waals surface area contributed by atoms with Crippen LogP contribution in [0.25, 0.3) is 0 Å². The molecule has 0 atom stereocenters. The molecule has 0 aliphatic carbocycles. The van der Waals surface area contributed by atoms with E-state index in [1.807, 2.05) is 17.0 Å². The number of unbranched alkanes of at least 4 members (excludes halogenated alkanes) is 3. The van der Waals surface area contributed by atoms with Gasteiger partial charge in [0.1, 0.15) is 0 Å². The van der Waals surface area contributed by atoms with Crippen molar-refractivity contribution in [2.24, 2.45) is 5.73 Å². The van der Waals surface area contributed by atoms with E-state index < -0.39 is 0 Å². The monoisotopic (exact) mass is 380 g/mol. The van der Waals surface area contributed by atoms with E-state index >= 15 is 0 Å². The summed E-state index contributed by atoms with van der Waals surface area (Å²) >= 11 is 3.45. The SMILES string of the molecule is N=C(N)N(CCCCCCN1CCCC1)Cc1ccc(Br)cc1. The number of nitrogens with two attached hydrogens (primary N) is 1. The van der Waals surface area contributed by atoms with Gasteiger partial charge in [-0.2, -0.15) is 0 Å². The third-order valence-corrected chi connectivity index (χ3v) is 5.01. The highest BCUT2D eigenvalue weighted by Crippen LogP contribution is 2.13. The molecule has 0 spiro atoms. The number of benzene rings is 1. The molecule has 128 valence electrons. The van der Waals surface area contributed by atoms with Gasteiger partial charge in [-0.3, -0.25) is 5.41 Å². The fourth-order valence-electron chi connectivity index (χ4n) is 3.09. The highest BCUT2D eigenvalue weighted by molar-refractivity contribution is 9.10. The number of hydrogen-bond acceptors (Lipinski definition) is 2. The summed E-state index contributed by atoms with van der Waals surface area (Å²) < 4.78 is 1.08. The summed E-state index contributed by atoms with van der Waals surface area (Å²) in [5, 5.41) is 7.76. The predicted molar refractivity (Wildman–Crippen MR) is 101 cm³/mol. The second-order valence-corrected chi connectivity index (χ2v) is 7.31. The fraction of sp³-hybridized carbons (Fsp3) is 0.611. The van der Waals surface area contributed by atoms with Crippen molar-refractivity contribution in [3.05, 3.63) is 34.3 Å². The Labute approximate surface area is 148 Å². The lowest BCUT2D eigenvalue weighted by molar-refractivity contribution is 0.324. The molecule has 0 unspecified atom stereocenters. The van der Waals surface area contributed by atoms with Gasteiger partial charge in [0, 0.05) is 17.6 Å². The predicted octanol–water partition coefficient (Wildman–Crippen LogP) is 3.80. The molecule has 1 saturated heterocycles. The van der Waals surface area contributed by atoms with E-state index in [0.29, 0.717) is 0 Å². The standard InChI is InChI=1S/C18H29BrN4/c19-17-9-7-16(8-10-17)15-23(18(20)21)14-4-2-1-3-11-22-12-5-6-13-22/h7-10H,1-6,11-15H2,(H3,20,21). The Bertz CT molecular complexity index is 468. The summed E-state index contributed by atoms with van der Waals surface area (Å²) in [6.45, 7) is 5.44. The minimum Gasteiger partial charge on any atom is -0.370 e. The highest BCUT2D eigenvalue weighted by Gasteiger charge is 2.10. The van der Waals surface area contributed by atoms with Crippen LogP contribution in [0.4, 0.5) is 0 Å². The first kappa shape index (κ1) is 18.3. The van der Waals surface area contributed by atoms with Crippen molar-refractivity contribution in [2.45, 2.75) is 45.1 Å². The number of halogens is 1. The zero-order chi connectivity index (χ0) is 16.5. The third kappa shape index (κ3) is 6.92. The molecule has 0 bridgehead atoms. The maximum absolute atomic E-state index is 7.76. The van der Waals surface area contributed by atoms with Crippen molar-refractivity contribution in [3.8, 4) is 0 Å². The maximum atomic E-state index is 7.76. The van der Waals surface area contributed by atoms with E-state index in [4.69, 9.17) is 11.1 Å². The van der Waals surface area contributed by atoms with Gasteiger partial charge in [0.15, 0.2) is 5.96 Å². The van der Waals surface area contributed by atoms with Crippen LogP contribution in [0.2, 0.25) is 0 Å². The van der Waals surface area contributed by atoms with Crippen LogP contribution in [0.5, 0.6) is 0 Å². The first-order valence-electron chi connectivity index (χ1n) is 8.71. The zero-order valence-corrected chi connectivity index (χ0v) is 15.5. The molecule has 1 fully saturated rings. The van der Waals surface area contributed by atoms with Gasteiger partial charge in [-0.1, -0.05) is 40.9 Å². The van der Waals surface area contributed by atoms with Crippen LogP contribution >= 0.6 is 15.9 Å². The van der Waals surface area contributed by atoms with Crippen molar-refractivity contribution in [1.29, 1.82) is 5.41 Å². The Hall–Kier alpha value is -1.07. The molecule has 3 N–H and O–H groups in total. The van der Waals surface area contributed by atoms with E-state index in [2.05, 4.69) is 33.0 Å². The molecule has 1 heterocycles. The Morgan fingerprint density at radius 3 is 2.39 bits per heavy atom. The lowest BCUT2D eigenvalue weighted by Gasteiger charge is -2.23. The van der Waals surface area contributed by atoms with E-state index in [1.54, 1.807) is 0 Å². The van der Waals surface area contributed by atoms with E-state index in [1.165, 1.54) is 57.3 Å². The Morgan fingerprint density at radius 1 is 1.09 bits per heavy atom. The van der Waals surface area contributed by atoms with Crippen LogP contribution in [0, 0.1) is 5.41 Å². The first-order chi connectivity index (χ1) is 11.1.